The van der Waals surface area contributed by atoms with Crippen LogP contribution in [0.15, 0.2) is 42.5 Å². The van der Waals surface area contributed by atoms with E-state index in [0.29, 0.717) is 23.8 Å². The first-order valence-electron chi connectivity index (χ1n) is 9.00. The van der Waals surface area contributed by atoms with Crippen LogP contribution in [-0.2, 0) is 6.54 Å². The monoisotopic (exact) mass is 352 g/mol. The quantitative estimate of drug-likeness (QED) is 0.919. The van der Waals surface area contributed by atoms with Gasteiger partial charge in [-0.05, 0) is 17.5 Å². The van der Waals surface area contributed by atoms with Crippen molar-refractivity contribution in [3.8, 4) is 11.5 Å². The first-order valence-corrected chi connectivity index (χ1v) is 9.00. The fourth-order valence-corrected chi connectivity index (χ4v) is 4.24. The van der Waals surface area contributed by atoms with Crippen molar-refractivity contribution < 1.29 is 14.3 Å². The van der Waals surface area contributed by atoms with E-state index in [9.17, 15) is 4.79 Å². The summed E-state index contributed by atoms with van der Waals surface area (Å²) in [6.07, 6.45) is 0. The number of rotatable bonds is 4. The smallest absolute Gasteiger partial charge is 0.251 e. The van der Waals surface area contributed by atoms with Crippen LogP contribution < -0.4 is 14.8 Å². The maximum atomic E-state index is 12.6. The SMILES string of the molecule is COc1cc(OC)c2c(c1)C(=O)NC[C@H]1CN(Cc3ccccc3)C[C@H]21. The number of benzene rings is 2. The van der Waals surface area contributed by atoms with Crippen molar-refractivity contribution in [2.45, 2.75) is 12.5 Å². The van der Waals surface area contributed by atoms with Gasteiger partial charge in [0.05, 0.1) is 19.8 Å². The van der Waals surface area contributed by atoms with E-state index in [4.69, 9.17) is 9.47 Å². The molecule has 2 aliphatic rings. The van der Waals surface area contributed by atoms with Crippen molar-refractivity contribution in [1.29, 1.82) is 0 Å². The van der Waals surface area contributed by atoms with Crippen LogP contribution in [0.2, 0.25) is 0 Å². The van der Waals surface area contributed by atoms with Gasteiger partial charge in [-0.1, -0.05) is 30.3 Å². The van der Waals surface area contributed by atoms with Crippen LogP contribution in [-0.4, -0.2) is 44.7 Å². The molecule has 0 saturated carbocycles. The van der Waals surface area contributed by atoms with Crippen molar-refractivity contribution in [3.05, 3.63) is 59.2 Å². The molecule has 2 aromatic carbocycles. The molecule has 2 aliphatic heterocycles. The van der Waals surface area contributed by atoms with Crippen molar-refractivity contribution in [1.82, 2.24) is 10.2 Å². The van der Waals surface area contributed by atoms with E-state index in [1.807, 2.05) is 18.2 Å². The summed E-state index contributed by atoms with van der Waals surface area (Å²) in [4.78, 5) is 15.1. The van der Waals surface area contributed by atoms with Crippen LogP contribution in [0.3, 0.4) is 0 Å². The van der Waals surface area contributed by atoms with E-state index >= 15 is 0 Å². The Kier molecular flexibility index (Phi) is 4.55. The van der Waals surface area contributed by atoms with Gasteiger partial charge in [-0.3, -0.25) is 9.69 Å². The maximum absolute atomic E-state index is 12.6. The summed E-state index contributed by atoms with van der Waals surface area (Å²) in [5.41, 5.74) is 3.01. The molecule has 2 atom stereocenters. The van der Waals surface area contributed by atoms with Crippen molar-refractivity contribution in [3.63, 3.8) is 0 Å². The molecule has 5 nitrogen and oxygen atoms in total. The molecule has 0 radical (unpaired) electrons. The summed E-state index contributed by atoms with van der Waals surface area (Å²) in [6, 6.07) is 14.2. The Labute approximate surface area is 153 Å². The predicted molar refractivity (Wildman–Crippen MR) is 99.8 cm³/mol. The average Bonchev–Trinajstić information content (AvgIpc) is 3.02. The number of fused-ring (bicyclic) bond motifs is 3. The fraction of sp³-hybridized carbons (Fsp3) is 0.381. The second-order valence-electron chi connectivity index (χ2n) is 7.05. The number of ether oxygens (including phenoxy) is 2. The Morgan fingerprint density at radius 3 is 2.65 bits per heavy atom. The van der Waals surface area contributed by atoms with E-state index in [2.05, 4.69) is 34.5 Å². The Bertz CT molecular complexity index is 806. The number of nitrogens with zero attached hydrogens (tertiary/aromatic N) is 1. The summed E-state index contributed by atoms with van der Waals surface area (Å²) in [5, 5.41) is 3.08. The summed E-state index contributed by atoms with van der Waals surface area (Å²) in [7, 11) is 3.26. The van der Waals surface area contributed by atoms with Crippen LogP contribution in [0, 0.1) is 5.92 Å². The van der Waals surface area contributed by atoms with Crippen molar-refractivity contribution in [2.24, 2.45) is 5.92 Å². The van der Waals surface area contributed by atoms with Gasteiger partial charge < -0.3 is 14.8 Å². The van der Waals surface area contributed by atoms with Gasteiger partial charge in [0.1, 0.15) is 11.5 Å². The lowest BCUT2D eigenvalue weighted by molar-refractivity contribution is 0.0950. The third-order valence-corrected chi connectivity index (χ3v) is 5.48. The second-order valence-corrected chi connectivity index (χ2v) is 7.05. The Balaban J connectivity index is 1.67. The minimum Gasteiger partial charge on any atom is -0.497 e. The highest BCUT2D eigenvalue weighted by Crippen LogP contribution is 2.43. The maximum Gasteiger partial charge on any atom is 0.251 e. The van der Waals surface area contributed by atoms with Gasteiger partial charge in [0.15, 0.2) is 0 Å². The molecule has 26 heavy (non-hydrogen) atoms. The molecule has 2 aromatic rings. The Hall–Kier alpha value is -2.53. The molecular weight excluding hydrogens is 328 g/mol. The van der Waals surface area contributed by atoms with Crippen molar-refractivity contribution in [2.75, 3.05) is 33.9 Å². The summed E-state index contributed by atoms with van der Waals surface area (Å²) >= 11 is 0. The number of carbonyl (C=O) groups is 1. The summed E-state index contributed by atoms with van der Waals surface area (Å²) < 4.78 is 11.0. The third-order valence-electron chi connectivity index (χ3n) is 5.48. The summed E-state index contributed by atoms with van der Waals surface area (Å²) in [5.74, 6) is 2.00. The zero-order chi connectivity index (χ0) is 18.1. The number of nitrogens with one attached hydrogen (secondary N) is 1. The molecule has 1 amide bonds. The average molecular weight is 352 g/mol. The Morgan fingerprint density at radius 1 is 1.12 bits per heavy atom. The lowest BCUT2D eigenvalue weighted by atomic mass is 9.86. The molecule has 0 aliphatic carbocycles. The van der Waals surface area contributed by atoms with Gasteiger partial charge in [0, 0.05) is 43.7 Å². The predicted octanol–water partition coefficient (Wildman–Crippen LogP) is 2.66. The first kappa shape index (κ1) is 16.9. The fourth-order valence-electron chi connectivity index (χ4n) is 4.24. The number of hydrogen-bond donors (Lipinski definition) is 1. The van der Waals surface area contributed by atoms with Gasteiger partial charge in [-0.15, -0.1) is 0 Å². The normalized spacial score (nSPS) is 22.2. The van der Waals surface area contributed by atoms with Gasteiger partial charge in [-0.25, -0.2) is 0 Å². The number of hydrogen-bond acceptors (Lipinski definition) is 4. The zero-order valence-corrected chi connectivity index (χ0v) is 15.2. The topological polar surface area (TPSA) is 50.8 Å². The number of likely N-dealkylation sites (tertiary alicyclic amines) is 1. The largest absolute Gasteiger partial charge is 0.497 e. The van der Waals surface area contributed by atoms with Crippen LogP contribution in [0.1, 0.15) is 27.4 Å². The molecule has 0 unspecified atom stereocenters. The molecule has 1 fully saturated rings. The molecule has 1 saturated heterocycles. The highest BCUT2D eigenvalue weighted by atomic mass is 16.5. The minimum atomic E-state index is -0.0405. The van der Waals surface area contributed by atoms with E-state index in [0.717, 1.165) is 30.9 Å². The Morgan fingerprint density at radius 2 is 1.92 bits per heavy atom. The molecule has 0 bridgehead atoms. The third kappa shape index (κ3) is 3.03. The van der Waals surface area contributed by atoms with Gasteiger partial charge >= 0.3 is 0 Å². The number of methoxy groups -OCH3 is 2. The lowest BCUT2D eigenvalue weighted by Crippen LogP contribution is -2.29. The van der Waals surface area contributed by atoms with Crippen LogP contribution >= 0.6 is 0 Å². The van der Waals surface area contributed by atoms with Crippen LogP contribution in [0.5, 0.6) is 11.5 Å². The van der Waals surface area contributed by atoms with E-state index in [-0.39, 0.29) is 11.8 Å². The molecular formula is C21H24N2O3. The first-order chi connectivity index (χ1) is 12.7. The van der Waals surface area contributed by atoms with Gasteiger partial charge in [0.2, 0.25) is 0 Å². The highest BCUT2D eigenvalue weighted by Gasteiger charge is 2.40. The second kappa shape index (κ2) is 7.00. The van der Waals surface area contributed by atoms with Gasteiger partial charge in [0.25, 0.3) is 5.91 Å². The molecule has 1 N–H and O–H groups in total. The van der Waals surface area contributed by atoms with Crippen molar-refractivity contribution >= 4 is 5.91 Å². The highest BCUT2D eigenvalue weighted by molar-refractivity contribution is 5.97. The van der Waals surface area contributed by atoms with Gasteiger partial charge in [-0.2, -0.15) is 0 Å². The lowest BCUT2D eigenvalue weighted by Gasteiger charge is -2.20. The molecule has 0 aromatic heterocycles. The van der Waals surface area contributed by atoms with E-state index in [1.54, 1.807) is 14.2 Å². The molecule has 4 rings (SSSR count). The molecule has 136 valence electrons. The molecule has 0 spiro atoms. The minimum absolute atomic E-state index is 0.0405. The van der Waals surface area contributed by atoms with E-state index < -0.39 is 0 Å². The molecule has 5 heteroatoms. The summed E-state index contributed by atoms with van der Waals surface area (Å²) in [6.45, 7) is 3.50. The zero-order valence-electron chi connectivity index (χ0n) is 15.2. The van der Waals surface area contributed by atoms with Crippen LogP contribution in [0.4, 0.5) is 0 Å². The number of amides is 1. The standard InChI is InChI=1S/C21H24N2O3/c1-25-16-8-17-20(19(9-16)26-2)18-13-23(11-14-6-4-3-5-7-14)12-15(18)10-22-21(17)24/h3-9,15,18H,10-13H2,1-2H3,(H,22,24)/t15-,18-/m0/s1. The van der Waals surface area contributed by atoms with Crippen LogP contribution in [0.25, 0.3) is 0 Å². The number of carbonyl (C=O) groups excluding carboxylic acids is 1. The van der Waals surface area contributed by atoms with E-state index in [1.165, 1.54) is 5.56 Å². The molecule has 2 heterocycles.